The van der Waals surface area contributed by atoms with E-state index in [-0.39, 0.29) is 0 Å². The molecule has 1 aliphatic carbocycles. The van der Waals surface area contributed by atoms with Gasteiger partial charge in [-0.3, -0.25) is 0 Å². The van der Waals surface area contributed by atoms with E-state index >= 15 is 0 Å². The summed E-state index contributed by atoms with van der Waals surface area (Å²) in [6, 6.07) is 14.0. The lowest BCUT2D eigenvalue weighted by Gasteiger charge is -2.15. The molecule has 1 aliphatic rings. The molecule has 1 saturated carbocycles. The molecule has 0 aliphatic heterocycles. The molecule has 0 heterocycles. The zero-order valence-corrected chi connectivity index (χ0v) is 12.0. The third-order valence-electron chi connectivity index (χ3n) is 3.75. The van der Waals surface area contributed by atoms with E-state index < -0.39 is 6.10 Å². The minimum absolute atomic E-state index is 0.407. The minimum Gasteiger partial charge on any atom is -0.490 e. The Bertz CT molecular complexity index is 597. The van der Waals surface area contributed by atoms with Gasteiger partial charge in [-0.2, -0.15) is 0 Å². The van der Waals surface area contributed by atoms with Crippen molar-refractivity contribution in [1.82, 2.24) is 0 Å². The van der Waals surface area contributed by atoms with Gasteiger partial charge in [-0.05, 0) is 55.5 Å². The maximum Gasteiger partial charge on any atom is 0.119 e. The highest BCUT2D eigenvalue weighted by Crippen LogP contribution is 2.30. The van der Waals surface area contributed by atoms with Crippen molar-refractivity contribution in [3.63, 3.8) is 0 Å². The van der Waals surface area contributed by atoms with E-state index in [4.69, 9.17) is 4.74 Å². The van der Waals surface area contributed by atoms with Crippen molar-refractivity contribution in [3.8, 4) is 5.75 Å². The second kappa shape index (κ2) is 5.29. The highest BCUT2D eigenvalue weighted by molar-refractivity contribution is 5.39. The molecule has 2 aromatic rings. The highest BCUT2D eigenvalue weighted by atomic mass is 16.5. The molecule has 104 valence electrons. The van der Waals surface area contributed by atoms with Gasteiger partial charge < -0.3 is 9.84 Å². The van der Waals surface area contributed by atoms with Crippen LogP contribution in [0.25, 0.3) is 0 Å². The normalized spacial score (nSPS) is 15.9. The van der Waals surface area contributed by atoms with E-state index in [0.717, 1.165) is 35.3 Å². The Morgan fingerprint density at radius 1 is 1.05 bits per heavy atom. The van der Waals surface area contributed by atoms with Gasteiger partial charge in [0.1, 0.15) is 11.9 Å². The molecule has 0 radical (unpaired) electrons. The molecule has 1 N–H and O–H groups in total. The van der Waals surface area contributed by atoms with Gasteiger partial charge in [-0.15, -0.1) is 0 Å². The van der Waals surface area contributed by atoms with Crippen LogP contribution in [0.2, 0.25) is 0 Å². The Balaban J connectivity index is 1.81. The Morgan fingerprint density at radius 2 is 1.75 bits per heavy atom. The van der Waals surface area contributed by atoms with Crippen molar-refractivity contribution in [3.05, 3.63) is 64.7 Å². The molecule has 0 saturated heterocycles. The molecule has 3 rings (SSSR count). The molecule has 0 spiro atoms. The number of rotatable bonds is 4. The molecule has 20 heavy (non-hydrogen) atoms. The van der Waals surface area contributed by atoms with Gasteiger partial charge in [0.2, 0.25) is 0 Å². The van der Waals surface area contributed by atoms with E-state index in [9.17, 15) is 5.11 Å². The van der Waals surface area contributed by atoms with Crippen molar-refractivity contribution in [1.29, 1.82) is 0 Å². The van der Waals surface area contributed by atoms with Crippen LogP contribution in [0.15, 0.2) is 42.5 Å². The van der Waals surface area contributed by atoms with E-state index in [0.29, 0.717) is 6.10 Å². The molecule has 1 atom stereocenters. The van der Waals surface area contributed by atoms with Gasteiger partial charge >= 0.3 is 0 Å². The number of ether oxygens (including phenoxy) is 1. The average Bonchev–Trinajstić information content (AvgIpc) is 3.26. The average molecular weight is 268 g/mol. The van der Waals surface area contributed by atoms with E-state index in [1.807, 2.05) is 38.1 Å². The number of aliphatic hydroxyl groups is 1. The van der Waals surface area contributed by atoms with Crippen molar-refractivity contribution in [2.45, 2.75) is 38.9 Å². The van der Waals surface area contributed by atoms with Crippen LogP contribution in [0.5, 0.6) is 5.75 Å². The summed E-state index contributed by atoms with van der Waals surface area (Å²) in [6.07, 6.45) is 2.15. The lowest BCUT2D eigenvalue weighted by Crippen LogP contribution is -2.03. The lowest BCUT2D eigenvalue weighted by molar-refractivity contribution is 0.219. The molecule has 1 unspecified atom stereocenters. The van der Waals surface area contributed by atoms with Crippen LogP contribution in [0, 0.1) is 13.8 Å². The molecule has 2 aromatic carbocycles. The summed E-state index contributed by atoms with van der Waals surface area (Å²) in [7, 11) is 0. The molecule has 0 amide bonds. The number of hydrogen-bond acceptors (Lipinski definition) is 2. The van der Waals surface area contributed by atoms with Crippen LogP contribution in [-0.4, -0.2) is 11.2 Å². The first-order chi connectivity index (χ1) is 9.63. The minimum atomic E-state index is -0.579. The Morgan fingerprint density at radius 3 is 2.40 bits per heavy atom. The number of hydrogen-bond donors (Lipinski definition) is 1. The number of aliphatic hydroxyl groups excluding tert-OH is 1. The fraction of sp³-hybridized carbons (Fsp3) is 0.333. The van der Waals surface area contributed by atoms with Crippen LogP contribution in [0.4, 0.5) is 0 Å². The maximum atomic E-state index is 10.5. The van der Waals surface area contributed by atoms with Crippen molar-refractivity contribution >= 4 is 0 Å². The first kappa shape index (κ1) is 13.2. The van der Waals surface area contributed by atoms with Gasteiger partial charge in [0, 0.05) is 0 Å². The second-order valence-corrected chi connectivity index (χ2v) is 5.65. The molecular formula is C18H20O2. The van der Waals surface area contributed by atoms with E-state index in [1.165, 1.54) is 5.56 Å². The Labute approximate surface area is 120 Å². The summed E-state index contributed by atoms with van der Waals surface area (Å²) in [5, 5.41) is 10.5. The molecule has 1 fully saturated rings. The van der Waals surface area contributed by atoms with Crippen LogP contribution < -0.4 is 4.74 Å². The standard InChI is InChI=1S/C18H20O2/c1-12-3-4-13(2)17(11-12)18(19)14-5-7-15(8-6-14)20-16-9-10-16/h3-8,11,16,18-19H,9-10H2,1-2H3. The summed E-state index contributed by atoms with van der Waals surface area (Å²) >= 11 is 0. The van der Waals surface area contributed by atoms with Gasteiger partial charge in [0.05, 0.1) is 6.10 Å². The molecule has 2 nitrogen and oxygen atoms in total. The quantitative estimate of drug-likeness (QED) is 0.910. The van der Waals surface area contributed by atoms with Crippen molar-refractivity contribution in [2.24, 2.45) is 0 Å². The third-order valence-corrected chi connectivity index (χ3v) is 3.75. The zero-order chi connectivity index (χ0) is 14.1. The second-order valence-electron chi connectivity index (χ2n) is 5.65. The number of aryl methyl sites for hydroxylation is 2. The molecule has 0 aromatic heterocycles. The summed E-state index contributed by atoms with van der Waals surface area (Å²) in [4.78, 5) is 0. The van der Waals surface area contributed by atoms with Crippen LogP contribution in [0.3, 0.4) is 0 Å². The summed E-state index contributed by atoms with van der Waals surface area (Å²) < 4.78 is 5.73. The maximum absolute atomic E-state index is 10.5. The van der Waals surface area contributed by atoms with Crippen LogP contribution in [0.1, 0.15) is 41.2 Å². The summed E-state index contributed by atoms with van der Waals surface area (Å²) in [6.45, 7) is 4.07. The summed E-state index contributed by atoms with van der Waals surface area (Å²) in [5.41, 5.74) is 4.16. The highest BCUT2D eigenvalue weighted by Gasteiger charge is 2.23. The van der Waals surface area contributed by atoms with Gasteiger partial charge in [-0.1, -0.05) is 35.9 Å². The first-order valence-electron chi connectivity index (χ1n) is 7.15. The predicted molar refractivity (Wildman–Crippen MR) is 80.1 cm³/mol. The molecule has 0 bridgehead atoms. The van der Waals surface area contributed by atoms with Crippen molar-refractivity contribution < 1.29 is 9.84 Å². The van der Waals surface area contributed by atoms with Gasteiger partial charge in [0.25, 0.3) is 0 Å². The first-order valence-corrected chi connectivity index (χ1v) is 7.15. The zero-order valence-electron chi connectivity index (χ0n) is 12.0. The smallest absolute Gasteiger partial charge is 0.119 e. The molecular weight excluding hydrogens is 248 g/mol. The van der Waals surface area contributed by atoms with Crippen LogP contribution in [-0.2, 0) is 0 Å². The predicted octanol–water partition coefficient (Wildman–Crippen LogP) is 3.93. The van der Waals surface area contributed by atoms with Gasteiger partial charge in [-0.25, -0.2) is 0 Å². The topological polar surface area (TPSA) is 29.5 Å². The Hall–Kier alpha value is -1.80. The largest absolute Gasteiger partial charge is 0.490 e. The lowest BCUT2D eigenvalue weighted by atomic mass is 9.96. The summed E-state index contributed by atoms with van der Waals surface area (Å²) in [5.74, 6) is 0.893. The molecule has 2 heteroatoms. The van der Waals surface area contributed by atoms with E-state index in [2.05, 4.69) is 18.2 Å². The van der Waals surface area contributed by atoms with Crippen LogP contribution >= 0.6 is 0 Å². The fourth-order valence-electron chi connectivity index (χ4n) is 2.34. The Kier molecular flexibility index (Phi) is 3.49. The van der Waals surface area contributed by atoms with Gasteiger partial charge in [0.15, 0.2) is 0 Å². The number of benzene rings is 2. The SMILES string of the molecule is Cc1ccc(C)c(C(O)c2ccc(OC3CC3)cc2)c1. The third kappa shape index (κ3) is 2.86. The van der Waals surface area contributed by atoms with E-state index in [1.54, 1.807) is 0 Å². The van der Waals surface area contributed by atoms with Crippen molar-refractivity contribution in [2.75, 3.05) is 0 Å². The fourth-order valence-corrected chi connectivity index (χ4v) is 2.34. The monoisotopic (exact) mass is 268 g/mol.